The summed E-state index contributed by atoms with van der Waals surface area (Å²) < 4.78 is 10.7. The highest BCUT2D eigenvalue weighted by molar-refractivity contribution is 5.79. The zero-order chi connectivity index (χ0) is 18.9. The van der Waals surface area contributed by atoms with Crippen molar-refractivity contribution in [3.63, 3.8) is 0 Å². The number of amides is 1. The van der Waals surface area contributed by atoms with Crippen molar-refractivity contribution in [3.8, 4) is 11.1 Å². The number of aliphatic hydroxyl groups is 1. The maximum absolute atomic E-state index is 12.2. The third-order valence-electron chi connectivity index (χ3n) is 4.97. The van der Waals surface area contributed by atoms with Crippen molar-refractivity contribution in [2.75, 3.05) is 13.2 Å². The van der Waals surface area contributed by atoms with Gasteiger partial charge in [-0.1, -0.05) is 48.5 Å². The van der Waals surface area contributed by atoms with Gasteiger partial charge in [-0.05, 0) is 41.3 Å². The van der Waals surface area contributed by atoms with E-state index in [1.54, 1.807) is 19.1 Å². The van der Waals surface area contributed by atoms with E-state index in [1.165, 1.54) is 17.4 Å². The van der Waals surface area contributed by atoms with Gasteiger partial charge < -0.3 is 19.6 Å². The topological polar surface area (TPSA) is 71.7 Å². The molecule has 1 aliphatic rings. The molecule has 138 valence electrons. The first kappa shape index (κ1) is 17.4. The smallest absolute Gasteiger partial charge is 0.407 e. The Morgan fingerprint density at radius 1 is 1.07 bits per heavy atom. The molecule has 1 heterocycles. The van der Waals surface area contributed by atoms with Gasteiger partial charge in [-0.25, -0.2) is 4.79 Å². The number of fused-ring (bicyclic) bond motifs is 3. The van der Waals surface area contributed by atoms with E-state index in [9.17, 15) is 9.90 Å². The van der Waals surface area contributed by atoms with E-state index in [-0.39, 0.29) is 19.1 Å². The van der Waals surface area contributed by atoms with E-state index in [4.69, 9.17) is 9.15 Å². The molecule has 0 radical (unpaired) electrons. The normalized spacial score (nSPS) is 14.9. The van der Waals surface area contributed by atoms with Crippen LogP contribution in [0, 0.1) is 0 Å². The first-order chi connectivity index (χ1) is 13.1. The number of alkyl carbamates (subject to hydrolysis) is 1. The van der Waals surface area contributed by atoms with Crippen molar-refractivity contribution in [2.45, 2.75) is 18.4 Å². The molecule has 3 aromatic rings. The van der Waals surface area contributed by atoms with Crippen LogP contribution in [-0.2, 0) is 10.3 Å². The molecule has 27 heavy (non-hydrogen) atoms. The van der Waals surface area contributed by atoms with Gasteiger partial charge in [0.25, 0.3) is 0 Å². The van der Waals surface area contributed by atoms with Crippen LogP contribution in [0.25, 0.3) is 11.1 Å². The molecule has 2 aromatic carbocycles. The summed E-state index contributed by atoms with van der Waals surface area (Å²) in [5, 5.41) is 13.0. The molecule has 5 nitrogen and oxygen atoms in total. The summed E-state index contributed by atoms with van der Waals surface area (Å²) >= 11 is 0. The number of hydrogen-bond acceptors (Lipinski definition) is 4. The van der Waals surface area contributed by atoms with Crippen LogP contribution in [-0.4, -0.2) is 24.4 Å². The molecular formula is C22H21NO4. The second kappa shape index (κ2) is 6.93. The lowest BCUT2D eigenvalue weighted by molar-refractivity contribution is 0.0325. The van der Waals surface area contributed by atoms with E-state index in [0.29, 0.717) is 5.76 Å². The summed E-state index contributed by atoms with van der Waals surface area (Å²) in [6, 6.07) is 19.7. The maximum atomic E-state index is 12.2. The zero-order valence-electron chi connectivity index (χ0n) is 15.0. The highest BCUT2D eigenvalue weighted by atomic mass is 16.5. The van der Waals surface area contributed by atoms with Crippen LogP contribution in [0.1, 0.15) is 29.7 Å². The Hall–Kier alpha value is -3.05. The Morgan fingerprint density at radius 2 is 1.70 bits per heavy atom. The van der Waals surface area contributed by atoms with Crippen LogP contribution in [0.5, 0.6) is 0 Å². The molecule has 5 heteroatoms. The van der Waals surface area contributed by atoms with E-state index in [0.717, 1.165) is 11.1 Å². The van der Waals surface area contributed by atoms with Gasteiger partial charge in [0.05, 0.1) is 12.8 Å². The summed E-state index contributed by atoms with van der Waals surface area (Å²) in [4.78, 5) is 12.2. The second-order valence-electron chi connectivity index (χ2n) is 6.93. The van der Waals surface area contributed by atoms with Gasteiger partial charge in [-0.3, -0.25) is 0 Å². The monoisotopic (exact) mass is 363 g/mol. The van der Waals surface area contributed by atoms with Gasteiger partial charge in [-0.15, -0.1) is 0 Å². The van der Waals surface area contributed by atoms with Crippen molar-refractivity contribution in [1.82, 2.24) is 5.32 Å². The first-order valence-corrected chi connectivity index (χ1v) is 8.91. The van der Waals surface area contributed by atoms with E-state index < -0.39 is 11.7 Å². The van der Waals surface area contributed by atoms with Crippen LogP contribution >= 0.6 is 0 Å². The fourth-order valence-electron chi connectivity index (χ4n) is 3.57. The highest BCUT2D eigenvalue weighted by Crippen LogP contribution is 2.44. The van der Waals surface area contributed by atoms with Crippen LogP contribution < -0.4 is 5.32 Å². The quantitative estimate of drug-likeness (QED) is 0.718. The Morgan fingerprint density at radius 3 is 2.30 bits per heavy atom. The molecule has 0 fully saturated rings. The Bertz CT molecular complexity index is 901. The highest BCUT2D eigenvalue weighted by Gasteiger charge is 2.30. The summed E-state index contributed by atoms with van der Waals surface area (Å²) in [6.45, 7) is 1.81. The second-order valence-corrected chi connectivity index (χ2v) is 6.93. The predicted octanol–water partition coefficient (Wildman–Crippen LogP) is 4.03. The van der Waals surface area contributed by atoms with Gasteiger partial charge in [-0.2, -0.15) is 0 Å². The van der Waals surface area contributed by atoms with Crippen molar-refractivity contribution < 1.29 is 19.1 Å². The number of carbonyl (C=O) groups excluding carboxylic acids is 1. The summed E-state index contributed by atoms with van der Waals surface area (Å²) in [5.74, 6) is 0.398. The molecule has 2 N–H and O–H groups in total. The minimum Gasteiger partial charge on any atom is -0.466 e. The number of carbonyl (C=O) groups is 1. The lowest BCUT2D eigenvalue weighted by Gasteiger charge is -2.21. The number of hydrogen-bond donors (Lipinski definition) is 2. The molecule has 1 aromatic heterocycles. The minimum atomic E-state index is -1.30. The average Bonchev–Trinajstić information content (AvgIpc) is 3.32. The minimum absolute atomic E-state index is 0.00279. The average molecular weight is 363 g/mol. The lowest BCUT2D eigenvalue weighted by Crippen LogP contribution is -2.39. The van der Waals surface area contributed by atoms with Gasteiger partial charge >= 0.3 is 6.09 Å². The van der Waals surface area contributed by atoms with Crippen molar-refractivity contribution in [1.29, 1.82) is 0 Å². The molecule has 0 bridgehead atoms. The predicted molar refractivity (Wildman–Crippen MR) is 101 cm³/mol. The van der Waals surface area contributed by atoms with Crippen LogP contribution in [0.4, 0.5) is 4.79 Å². The summed E-state index contributed by atoms with van der Waals surface area (Å²) in [7, 11) is 0. The Kier molecular flexibility index (Phi) is 4.46. The maximum Gasteiger partial charge on any atom is 0.407 e. The fourth-order valence-corrected chi connectivity index (χ4v) is 3.57. The molecule has 1 aliphatic carbocycles. The van der Waals surface area contributed by atoms with Gasteiger partial charge in [0.1, 0.15) is 18.0 Å². The number of ether oxygens (including phenoxy) is 1. The molecular weight excluding hydrogens is 342 g/mol. The summed E-state index contributed by atoms with van der Waals surface area (Å²) in [5.41, 5.74) is 3.39. The molecule has 0 saturated heterocycles. The largest absolute Gasteiger partial charge is 0.466 e. The van der Waals surface area contributed by atoms with Crippen LogP contribution in [0.15, 0.2) is 71.3 Å². The van der Waals surface area contributed by atoms with E-state index in [2.05, 4.69) is 29.6 Å². The molecule has 0 saturated carbocycles. The van der Waals surface area contributed by atoms with E-state index in [1.807, 2.05) is 24.3 Å². The lowest BCUT2D eigenvalue weighted by atomic mass is 9.98. The molecule has 1 unspecified atom stereocenters. The number of furan rings is 1. The third kappa shape index (κ3) is 3.34. The van der Waals surface area contributed by atoms with Crippen molar-refractivity contribution in [3.05, 3.63) is 83.8 Å². The van der Waals surface area contributed by atoms with Gasteiger partial charge in [0.15, 0.2) is 0 Å². The van der Waals surface area contributed by atoms with Crippen molar-refractivity contribution in [2.24, 2.45) is 0 Å². The Labute approximate surface area is 157 Å². The van der Waals surface area contributed by atoms with Crippen LogP contribution in [0.3, 0.4) is 0 Å². The first-order valence-electron chi connectivity index (χ1n) is 8.91. The number of benzene rings is 2. The van der Waals surface area contributed by atoms with E-state index >= 15 is 0 Å². The molecule has 4 rings (SSSR count). The van der Waals surface area contributed by atoms with Gasteiger partial charge in [0, 0.05) is 5.92 Å². The standard InChI is InChI=1S/C22H21NO4/c1-22(25,20-11-6-12-26-20)14-23-21(24)27-13-19-17-9-4-2-7-15(17)16-8-3-5-10-18(16)19/h2-12,19,25H,13-14H2,1H3,(H,23,24). The zero-order valence-corrected chi connectivity index (χ0v) is 15.0. The number of rotatable bonds is 5. The molecule has 0 spiro atoms. The SMILES string of the molecule is CC(O)(CNC(=O)OCC1c2ccccc2-c2ccccc21)c1ccco1. The number of nitrogens with one attached hydrogen (secondary N) is 1. The van der Waals surface area contributed by atoms with Crippen molar-refractivity contribution >= 4 is 6.09 Å². The molecule has 1 amide bonds. The fraction of sp³-hybridized carbons (Fsp3) is 0.227. The Balaban J connectivity index is 1.41. The molecule has 1 atom stereocenters. The van der Waals surface area contributed by atoms with Gasteiger partial charge in [0.2, 0.25) is 0 Å². The van der Waals surface area contributed by atoms with Crippen LogP contribution in [0.2, 0.25) is 0 Å². The molecule has 0 aliphatic heterocycles. The third-order valence-corrected chi connectivity index (χ3v) is 4.97. The summed E-state index contributed by atoms with van der Waals surface area (Å²) in [6.07, 6.45) is 0.917.